The van der Waals surface area contributed by atoms with Gasteiger partial charge in [0.1, 0.15) is 11.5 Å². The minimum absolute atomic E-state index is 0.121. The van der Waals surface area contributed by atoms with E-state index in [0.29, 0.717) is 12.3 Å². The molecule has 3 aromatic rings. The molecule has 0 aliphatic rings. The molecule has 3 rings (SSSR count). The van der Waals surface area contributed by atoms with Crippen molar-refractivity contribution in [3.8, 4) is 0 Å². The number of rotatable bonds is 11. The largest absolute Gasteiger partial charge is 0.383 e. The van der Waals surface area contributed by atoms with Crippen LogP contribution in [0.25, 0.3) is 0 Å². The summed E-state index contributed by atoms with van der Waals surface area (Å²) in [5.74, 6) is 0.571. The number of ether oxygens (including phenoxy) is 1. The molecule has 0 aliphatic heterocycles. The number of carbonyl (C=O) groups excluding carboxylic acids is 1. The highest BCUT2D eigenvalue weighted by atomic mass is 32.2. The zero-order valence-corrected chi connectivity index (χ0v) is 18.5. The molecular formula is C22H25N5O4S. The molecule has 0 aliphatic carbocycles. The Morgan fingerprint density at radius 2 is 1.94 bits per heavy atom. The third kappa shape index (κ3) is 6.56. The number of anilines is 2. The zero-order chi connectivity index (χ0) is 22.8. The minimum Gasteiger partial charge on any atom is -0.383 e. The number of carbonyl (C=O) groups is 1. The first-order valence-electron chi connectivity index (χ1n) is 9.99. The molecule has 3 N–H and O–H groups in total. The Hall–Kier alpha value is -3.37. The molecule has 168 valence electrons. The van der Waals surface area contributed by atoms with Crippen LogP contribution in [0.2, 0.25) is 0 Å². The molecule has 0 unspecified atom stereocenters. The molecule has 0 radical (unpaired) electrons. The van der Waals surface area contributed by atoms with Crippen molar-refractivity contribution < 1.29 is 9.53 Å². The summed E-state index contributed by atoms with van der Waals surface area (Å²) in [6.45, 7) is 0.762. The van der Waals surface area contributed by atoms with Crippen LogP contribution in [-0.4, -0.2) is 39.9 Å². The number of hydrogen-bond donors (Lipinski definition) is 3. The molecule has 0 atom stereocenters. The highest BCUT2D eigenvalue weighted by Crippen LogP contribution is 2.18. The lowest BCUT2D eigenvalue weighted by molar-refractivity contribution is -0.113. The number of aromatic nitrogens is 3. The smallest absolute Gasteiger partial charge is 0.330 e. The van der Waals surface area contributed by atoms with Gasteiger partial charge in [-0.15, -0.1) is 11.8 Å². The number of H-pyrrole nitrogens is 1. The number of methoxy groups -OCH3 is 1. The van der Waals surface area contributed by atoms with E-state index in [0.717, 1.165) is 11.1 Å². The van der Waals surface area contributed by atoms with E-state index in [2.05, 4.69) is 20.6 Å². The van der Waals surface area contributed by atoms with Gasteiger partial charge >= 0.3 is 5.69 Å². The van der Waals surface area contributed by atoms with Gasteiger partial charge in [-0.2, -0.15) is 0 Å². The molecule has 0 spiro atoms. The fourth-order valence-electron chi connectivity index (χ4n) is 2.96. The van der Waals surface area contributed by atoms with E-state index in [1.165, 1.54) is 23.4 Å². The molecular weight excluding hydrogens is 430 g/mol. The van der Waals surface area contributed by atoms with Gasteiger partial charge in [-0.3, -0.25) is 24.1 Å². The molecule has 0 saturated carbocycles. The number of benzene rings is 1. The summed E-state index contributed by atoms with van der Waals surface area (Å²) in [6.07, 6.45) is 3.44. The van der Waals surface area contributed by atoms with Crippen molar-refractivity contribution in [1.82, 2.24) is 14.5 Å². The van der Waals surface area contributed by atoms with Gasteiger partial charge in [0.25, 0.3) is 5.56 Å². The topological polar surface area (TPSA) is 118 Å². The molecule has 0 bridgehead atoms. The number of pyridine rings is 1. The van der Waals surface area contributed by atoms with Crippen LogP contribution in [0.4, 0.5) is 11.5 Å². The van der Waals surface area contributed by atoms with Crippen LogP contribution in [0.15, 0.2) is 64.4 Å². The Morgan fingerprint density at radius 3 is 2.66 bits per heavy atom. The molecule has 2 heterocycles. The number of nitrogens with zero attached hydrogens (tertiary/aromatic N) is 2. The van der Waals surface area contributed by atoms with Crippen molar-refractivity contribution in [3.05, 3.63) is 86.8 Å². The summed E-state index contributed by atoms with van der Waals surface area (Å²) >= 11 is 1.41. The van der Waals surface area contributed by atoms with Crippen LogP contribution in [0.3, 0.4) is 0 Å². The van der Waals surface area contributed by atoms with Crippen molar-refractivity contribution in [3.63, 3.8) is 0 Å². The van der Waals surface area contributed by atoms with Crippen LogP contribution in [0, 0.1) is 0 Å². The molecule has 32 heavy (non-hydrogen) atoms. The van der Waals surface area contributed by atoms with Crippen LogP contribution in [0.1, 0.15) is 11.1 Å². The predicted octanol–water partition coefficient (Wildman–Crippen LogP) is 2.06. The van der Waals surface area contributed by atoms with E-state index in [-0.39, 0.29) is 36.3 Å². The van der Waals surface area contributed by atoms with Gasteiger partial charge in [0.15, 0.2) is 0 Å². The highest BCUT2D eigenvalue weighted by Gasteiger charge is 2.17. The van der Waals surface area contributed by atoms with Gasteiger partial charge in [-0.05, 0) is 17.2 Å². The highest BCUT2D eigenvalue weighted by molar-refractivity contribution is 7.99. The zero-order valence-electron chi connectivity index (χ0n) is 17.7. The number of thioether (sulfide) groups is 1. The van der Waals surface area contributed by atoms with Gasteiger partial charge < -0.3 is 15.4 Å². The molecule has 1 aromatic carbocycles. The normalized spacial score (nSPS) is 10.7. The van der Waals surface area contributed by atoms with E-state index in [1.807, 2.05) is 42.5 Å². The third-order valence-electron chi connectivity index (χ3n) is 4.51. The first kappa shape index (κ1) is 23.3. The van der Waals surface area contributed by atoms with E-state index in [1.54, 1.807) is 12.4 Å². The third-order valence-corrected chi connectivity index (χ3v) is 5.52. The second-order valence-corrected chi connectivity index (χ2v) is 7.85. The lowest BCUT2D eigenvalue weighted by Crippen LogP contribution is -2.36. The van der Waals surface area contributed by atoms with Gasteiger partial charge in [-0.1, -0.05) is 36.4 Å². The van der Waals surface area contributed by atoms with Crippen LogP contribution in [0.5, 0.6) is 0 Å². The summed E-state index contributed by atoms with van der Waals surface area (Å²) in [5, 5.41) is 5.80. The van der Waals surface area contributed by atoms with E-state index in [4.69, 9.17) is 4.74 Å². The lowest BCUT2D eigenvalue weighted by atomic mass is 10.2. The monoisotopic (exact) mass is 455 g/mol. The summed E-state index contributed by atoms with van der Waals surface area (Å²) in [4.78, 5) is 44.0. The summed E-state index contributed by atoms with van der Waals surface area (Å²) in [7, 11) is 1.51. The van der Waals surface area contributed by atoms with Crippen molar-refractivity contribution in [2.24, 2.45) is 0 Å². The Balaban J connectivity index is 1.79. The maximum absolute atomic E-state index is 12.6. The fraction of sp³-hybridized carbons (Fsp3) is 0.273. The number of nitrogens with one attached hydrogen (secondary N) is 3. The maximum atomic E-state index is 12.6. The van der Waals surface area contributed by atoms with Gasteiger partial charge in [0.05, 0.1) is 18.9 Å². The maximum Gasteiger partial charge on any atom is 0.330 e. The van der Waals surface area contributed by atoms with E-state index in [9.17, 15) is 14.4 Å². The Kier molecular flexibility index (Phi) is 8.64. The van der Waals surface area contributed by atoms with Gasteiger partial charge in [-0.25, -0.2) is 4.79 Å². The van der Waals surface area contributed by atoms with Crippen LogP contribution in [-0.2, 0) is 28.4 Å². The molecule has 9 nitrogen and oxygen atoms in total. The lowest BCUT2D eigenvalue weighted by Gasteiger charge is -2.17. The van der Waals surface area contributed by atoms with Crippen molar-refractivity contribution in [2.75, 3.05) is 30.1 Å². The number of hydrogen-bond acceptors (Lipinski definition) is 7. The summed E-state index contributed by atoms with van der Waals surface area (Å²) < 4.78 is 6.37. The predicted molar refractivity (Wildman–Crippen MR) is 126 cm³/mol. The van der Waals surface area contributed by atoms with Gasteiger partial charge in [0.2, 0.25) is 5.91 Å². The van der Waals surface area contributed by atoms with Crippen molar-refractivity contribution >= 4 is 29.2 Å². The van der Waals surface area contributed by atoms with E-state index < -0.39 is 11.2 Å². The van der Waals surface area contributed by atoms with Crippen molar-refractivity contribution in [1.29, 1.82) is 0 Å². The molecule has 1 amide bonds. The van der Waals surface area contributed by atoms with Crippen LogP contribution >= 0.6 is 11.8 Å². The Bertz CT molecular complexity index is 1130. The quantitative estimate of drug-likeness (QED) is 0.405. The van der Waals surface area contributed by atoms with E-state index >= 15 is 0 Å². The SMILES string of the molecule is COCCn1c(NC(=O)CSCc2cccnc2)c(NCc2ccccc2)c(=O)[nH]c1=O. The number of amides is 1. The fourth-order valence-corrected chi connectivity index (χ4v) is 3.73. The molecule has 2 aromatic heterocycles. The molecule has 0 fully saturated rings. The second kappa shape index (κ2) is 11.9. The van der Waals surface area contributed by atoms with Gasteiger partial charge in [0, 0.05) is 31.8 Å². The summed E-state index contributed by atoms with van der Waals surface area (Å²) in [6, 6.07) is 13.3. The Morgan fingerprint density at radius 1 is 1.16 bits per heavy atom. The standard InChI is InChI=1S/C22H25N5O4S/c1-31-11-10-27-20(25-18(28)15-32-14-17-8-5-9-23-12-17)19(21(29)26-22(27)30)24-13-16-6-3-2-4-7-16/h2-9,12,24H,10-11,13-15H2,1H3,(H,25,28)(H,26,29,30). The van der Waals surface area contributed by atoms with Crippen molar-refractivity contribution in [2.45, 2.75) is 18.8 Å². The molecule has 10 heteroatoms. The molecule has 0 saturated heterocycles. The van der Waals surface area contributed by atoms with Crippen LogP contribution < -0.4 is 21.9 Å². The summed E-state index contributed by atoms with van der Waals surface area (Å²) in [5.41, 5.74) is 0.859. The second-order valence-electron chi connectivity index (χ2n) is 6.87. The number of aromatic amines is 1. The first-order chi connectivity index (χ1) is 15.6. The first-order valence-corrected chi connectivity index (χ1v) is 11.1. The average Bonchev–Trinajstić information content (AvgIpc) is 2.80. The minimum atomic E-state index is -0.615. The Labute approximate surface area is 189 Å². The average molecular weight is 456 g/mol.